The van der Waals surface area contributed by atoms with E-state index in [2.05, 4.69) is 0 Å². The summed E-state index contributed by atoms with van der Waals surface area (Å²) in [6, 6.07) is 0. The van der Waals surface area contributed by atoms with Crippen LogP contribution in [-0.4, -0.2) is 45.7 Å². The average molecular weight is 216 g/mol. The van der Waals surface area contributed by atoms with Gasteiger partial charge in [0.1, 0.15) is 6.10 Å². The van der Waals surface area contributed by atoms with E-state index in [9.17, 15) is 20.1 Å². The molecular formula is C10H16O5. The standard InChI is InChI=1S/C10H16O5/c1-6-4-9(13)8(12)3-2-7(11)5-10(14)15-6/h2-3,6-9,11-13H,4-5H2,1H3/b3-2+/t6-,7-,8+,9+/m1/s1. The fraction of sp³-hybridized carbons (Fsp3) is 0.700. The first-order valence-electron chi connectivity index (χ1n) is 4.91. The molecule has 1 aliphatic rings. The highest BCUT2D eigenvalue weighted by Gasteiger charge is 2.22. The van der Waals surface area contributed by atoms with Gasteiger partial charge in [-0.3, -0.25) is 4.79 Å². The molecule has 0 saturated carbocycles. The first kappa shape index (κ1) is 12.2. The van der Waals surface area contributed by atoms with Crippen molar-refractivity contribution in [1.82, 2.24) is 0 Å². The Hall–Kier alpha value is -0.910. The Balaban J connectivity index is 2.72. The predicted octanol–water partition coefficient (Wildman–Crippen LogP) is -0.649. The molecule has 0 spiro atoms. The van der Waals surface area contributed by atoms with Gasteiger partial charge in [-0.05, 0) is 6.92 Å². The average Bonchev–Trinajstić information content (AvgIpc) is 2.12. The van der Waals surface area contributed by atoms with Gasteiger partial charge in [-0.15, -0.1) is 0 Å². The molecule has 0 fully saturated rings. The molecule has 86 valence electrons. The van der Waals surface area contributed by atoms with Gasteiger partial charge in [0, 0.05) is 6.42 Å². The van der Waals surface area contributed by atoms with E-state index in [-0.39, 0.29) is 12.8 Å². The molecule has 0 unspecified atom stereocenters. The molecule has 0 bridgehead atoms. The summed E-state index contributed by atoms with van der Waals surface area (Å²) in [5.74, 6) is -0.511. The van der Waals surface area contributed by atoms with Crippen molar-refractivity contribution < 1.29 is 24.9 Å². The fourth-order valence-corrected chi connectivity index (χ4v) is 1.41. The predicted molar refractivity (Wildman–Crippen MR) is 51.9 cm³/mol. The van der Waals surface area contributed by atoms with Crippen LogP contribution in [0.1, 0.15) is 19.8 Å². The van der Waals surface area contributed by atoms with Crippen LogP contribution in [0.25, 0.3) is 0 Å². The van der Waals surface area contributed by atoms with Crippen molar-refractivity contribution in [3.05, 3.63) is 12.2 Å². The highest BCUT2D eigenvalue weighted by atomic mass is 16.5. The summed E-state index contributed by atoms with van der Waals surface area (Å²) in [6.45, 7) is 1.63. The lowest BCUT2D eigenvalue weighted by Gasteiger charge is -2.21. The normalized spacial score (nSPS) is 40.7. The molecule has 15 heavy (non-hydrogen) atoms. The van der Waals surface area contributed by atoms with Gasteiger partial charge in [-0.2, -0.15) is 0 Å². The number of aliphatic hydroxyl groups is 3. The number of carbonyl (C=O) groups excluding carboxylic acids is 1. The minimum atomic E-state index is -1.04. The number of rotatable bonds is 0. The Labute approximate surface area is 88.0 Å². The van der Waals surface area contributed by atoms with Crippen LogP contribution in [0.5, 0.6) is 0 Å². The van der Waals surface area contributed by atoms with Crippen LogP contribution in [0.4, 0.5) is 0 Å². The highest BCUT2D eigenvalue weighted by molar-refractivity contribution is 5.70. The summed E-state index contributed by atoms with van der Waals surface area (Å²) in [5.41, 5.74) is 0. The smallest absolute Gasteiger partial charge is 0.309 e. The summed E-state index contributed by atoms with van der Waals surface area (Å²) in [5, 5.41) is 28.2. The zero-order valence-electron chi connectivity index (χ0n) is 8.54. The van der Waals surface area contributed by atoms with E-state index in [1.807, 2.05) is 0 Å². The molecule has 0 radical (unpaired) electrons. The van der Waals surface area contributed by atoms with Gasteiger partial charge in [0.05, 0.1) is 24.7 Å². The maximum absolute atomic E-state index is 11.1. The van der Waals surface area contributed by atoms with E-state index in [0.29, 0.717) is 0 Å². The Morgan fingerprint density at radius 1 is 1.33 bits per heavy atom. The van der Waals surface area contributed by atoms with Gasteiger partial charge >= 0.3 is 5.97 Å². The molecule has 1 aliphatic heterocycles. The van der Waals surface area contributed by atoms with Gasteiger partial charge in [0.25, 0.3) is 0 Å². The zero-order valence-corrected chi connectivity index (χ0v) is 8.54. The van der Waals surface area contributed by atoms with Crippen LogP contribution < -0.4 is 0 Å². The summed E-state index contributed by atoms with van der Waals surface area (Å²) < 4.78 is 4.91. The van der Waals surface area contributed by atoms with Crippen LogP contribution in [0.2, 0.25) is 0 Å². The van der Waals surface area contributed by atoms with Crippen LogP contribution in [-0.2, 0) is 9.53 Å². The van der Waals surface area contributed by atoms with Crippen molar-refractivity contribution in [2.24, 2.45) is 0 Å². The molecule has 5 heteroatoms. The molecule has 0 saturated heterocycles. The maximum Gasteiger partial charge on any atom is 0.309 e. The first-order chi connectivity index (χ1) is 6.99. The number of carbonyl (C=O) groups is 1. The summed E-state index contributed by atoms with van der Waals surface area (Å²) in [6.07, 6.45) is -0.873. The Morgan fingerprint density at radius 2 is 2.00 bits per heavy atom. The Kier molecular flexibility index (Phi) is 4.26. The van der Waals surface area contributed by atoms with Gasteiger partial charge < -0.3 is 20.1 Å². The van der Waals surface area contributed by atoms with Crippen molar-refractivity contribution in [2.75, 3.05) is 0 Å². The molecule has 0 aromatic heterocycles. The SMILES string of the molecule is C[C@@H]1C[C@H](O)[C@@H](O)/C=C/[C@@H](O)CC(=O)O1. The summed E-state index contributed by atoms with van der Waals surface area (Å²) in [4.78, 5) is 11.1. The van der Waals surface area contributed by atoms with Gasteiger partial charge in [-0.25, -0.2) is 0 Å². The van der Waals surface area contributed by atoms with E-state index >= 15 is 0 Å². The van der Waals surface area contributed by atoms with E-state index in [1.54, 1.807) is 6.92 Å². The number of hydrogen-bond donors (Lipinski definition) is 3. The highest BCUT2D eigenvalue weighted by Crippen LogP contribution is 2.11. The number of hydrogen-bond acceptors (Lipinski definition) is 5. The van der Waals surface area contributed by atoms with Crippen molar-refractivity contribution in [3.63, 3.8) is 0 Å². The monoisotopic (exact) mass is 216 g/mol. The molecule has 1 heterocycles. The minimum Gasteiger partial charge on any atom is -0.462 e. The Bertz CT molecular complexity index is 250. The van der Waals surface area contributed by atoms with Crippen LogP contribution in [0.3, 0.4) is 0 Å². The minimum absolute atomic E-state index is 0.135. The quantitative estimate of drug-likeness (QED) is 0.370. The molecule has 3 N–H and O–H groups in total. The third-order valence-corrected chi connectivity index (χ3v) is 2.21. The second-order valence-corrected chi connectivity index (χ2v) is 3.75. The van der Waals surface area contributed by atoms with Gasteiger partial charge in [0.15, 0.2) is 0 Å². The van der Waals surface area contributed by atoms with E-state index in [1.165, 1.54) is 12.2 Å². The topological polar surface area (TPSA) is 87.0 Å². The second-order valence-electron chi connectivity index (χ2n) is 3.75. The molecule has 4 atom stereocenters. The van der Waals surface area contributed by atoms with Crippen molar-refractivity contribution in [3.8, 4) is 0 Å². The van der Waals surface area contributed by atoms with E-state index < -0.39 is 30.4 Å². The molecule has 0 amide bonds. The number of ether oxygens (including phenoxy) is 1. The molecule has 0 aliphatic carbocycles. The van der Waals surface area contributed by atoms with Crippen molar-refractivity contribution in [2.45, 2.75) is 44.2 Å². The van der Waals surface area contributed by atoms with Crippen molar-refractivity contribution >= 4 is 5.97 Å². The Morgan fingerprint density at radius 3 is 2.67 bits per heavy atom. The van der Waals surface area contributed by atoms with Crippen LogP contribution >= 0.6 is 0 Å². The van der Waals surface area contributed by atoms with Gasteiger partial charge in [0.2, 0.25) is 0 Å². The lowest BCUT2D eigenvalue weighted by Crippen LogP contribution is -2.31. The lowest BCUT2D eigenvalue weighted by atomic mass is 10.0. The molecule has 1 rings (SSSR count). The van der Waals surface area contributed by atoms with Crippen LogP contribution in [0, 0.1) is 0 Å². The maximum atomic E-state index is 11.1. The zero-order chi connectivity index (χ0) is 11.4. The van der Waals surface area contributed by atoms with E-state index in [0.717, 1.165) is 0 Å². The molecule has 5 nitrogen and oxygen atoms in total. The molecule has 0 aromatic carbocycles. The fourth-order valence-electron chi connectivity index (χ4n) is 1.41. The summed E-state index contributed by atoms with van der Waals surface area (Å²) >= 11 is 0. The number of esters is 1. The third kappa shape index (κ3) is 3.99. The molecular weight excluding hydrogens is 200 g/mol. The third-order valence-electron chi connectivity index (χ3n) is 2.21. The number of cyclic esters (lactones) is 1. The first-order valence-corrected chi connectivity index (χ1v) is 4.91. The molecule has 0 aromatic rings. The lowest BCUT2D eigenvalue weighted by molar-refractivity contribution is -0.151. The van der Waals surface area contributed by atoms with Gasteiger partial charge in [-0.1, -0.05) is 12.2 Å². The summed E-state index contributed by atoms with van der Waals surface area (Å²) in [7, 11) is 0. The largest absolute Gasteiger partial charge is 0.462 e. The van der Waals surface area contributed by atoms with Crippen molar-refractivity contribution in [1.29, 1.82) is 0 Å². The van der Waals surface area contributed by atoms with Crippen LogP contribution in [0.15, 0.2) is 12.2 Å². The number of aliphatic hydroxyl groups excluding tert-OH is 3. The second kappa shape index (κ2) is 5.25. The van der Waals surface area contributed by atoms with E-state index in [4.69, 9.17) is 4.74 Å².